The van der Waals surface area contributed by atoms with Gasteiger partial charge in [0.25, 0.3) is 0 Å². The van der Waals surface area contributed by atoms with Gasteiger partial charge in [-0.2, -0.15) is 5.26 Å². The maximum Gasteiger partial charge on any atom is 0.0976 e. The van der Waals surface area contributed by atoms with Crippen LogP contribution in [0.5, 0.6) is 0 Å². The molecule has 1 fully saturated rings. The Bertz CT molecular complexity index is 516. The maximum absolute atomic E-state index is 10.6. The summed E-state index contributed by atoms with van der Waals surface area (Å²) in [5.41, 5.74) is -0.0149. The number of hydrogen-bond acceptors (Lipinski definition) is 2. The highest BCUT2D eigenvalue weighted by molar-refractivity contribution is 6.42. The van der Waals surface area contributed by atoms with E-state index in [1.165, 1.54) is 0 Å². The van der Waals surface area contributed by atoms with Gasteiger partial charge in [0.15, 0.2) is 0 Å². The Morgan fingerprint density at radius 1 is 1.35 bits per heavy atom. The number of rotatable bonds is 3. The monoisotopic (exact) mass is 311 g/mol. The molecule has 2 rings (SSSR count). The Balaban J connectivity index is 2.23. The molecule has 0 heterocycles. The van der Waals surface area contributed by atoms with Gasteiger partial charge in [0.05, 0.1) is 27.6 Å². The Hall–Kier alpha value is -0.750. The smallest absolute Gasteiger partial charge is 0.0976 e. The minimum atomic E-state index is -0.805. The number of aliphatic hydroxyl groups excluding tert-OH is 1. The van der Waals surface area contributed by atoms with Gasteiger partial charge >= 0.3 is 0 Å². The molecule has 2 nitrogen and oxygen atoms in total. The van der Waals surface area contributed by atoms with Crippen LogP contribution in [0.1, 0.15) is 50.7 Å². The average molecular weight is 312 g/mol. The number of nitriles is 1. The summed E-state index contributed by atoms with van der Waals surface area (Å²) in [5.74, 6) is 0.678. The predicted molar refractivity (Wildman–Crippen MR) is 81.7 cm³/mol. The fourth-order valence-electron chi connectivity index (χ4n) is 3.05. The second-order valence-corrected chi connectivity index (χ2v) is 6.51. The van der Waals surface area contributed by atoms with E-state index in [0.29, 0.717) is 21.5 Å². The molecule has 0 aliphatic heterocycles. The molecule has 0 amide bonds. The van der Waals surface area contributed by atoms with Crippen LogP contribution in [0, 0.1) is 22.7 Å². The molecule has 1 saturated carbocycles. The first-order chi connectivity index (χ1) is 9.52. The van der Waals surface area contributed by atoms with Crippen molar-refractivity contribution in [3.8, 4) is 6.07 Å². The van der Waals surface area contributed by atoms with Crippen molar-refractivity contribution in [2.75, 3.05) is 0 Å². The van der Waals surface area contributed by atoms with E-state index in [2.05, 4.69) is 13.0 Å². The van der Waals surface area contributed by atoms with Gasteiger partial charge in [0.2, 0.25) is 0 Å². The molecule has 1 aromatic carbocycles. The molecule has 1 aliphatic rings. The Labute approximate surface area is 130 Å². The first kappa shape index (κ1) is 15.6. The zero-order chi connectivity index (χ0) is 14.8. The first-order valence-corrected chi connectivity index (χ1v) is 7.82. The molecular weight excluding hydrogens is 293 g/mol. The Morgan fingerprint density at radius 2 is 2.00 bits per heavy atom. The Morgan fingerprint density at radius 3 is 2.50 bits per heavy atom. The van der Waals surface area contributed by atoms with Crippen LogP contribution in [0.4, 0.5) is 0 Å². The van der Waals surface area contributed by atoms with Crippen molar-refractivity contribution < 1.29 is 5.11 Å². The van der Waals surface area contributed by atoms with Gasteiger partial charge in [0, 0.05) is 0 Å². The standard InChI is InChI=1S/C16H19Cl2NO/c1-2-11-5-7-16(10-19,8-6-11)15(20)12-3-4-13(17)14(18)9-12/h3-4,9,11,15,20H,2,5-8H2,1H3. The third-order valence-electron chi connectivity index (χ3n) is 4.58. The van der Waals surface area contributed by atoms with Crippen LogP contribution in [0.15, 0.2) is 18.2 Å². The highest BCUT2D eigenvalue weighted by Gasteiger charge is 2.42. The summed E-state index contributed by atoms with van der Waals surface area (Å²) >= 11 is 11.9. The quantitative estimate of drug-likeness (QED) is 0.840. The van der Waals surface area contributed by atoms with Gasteiger partial charge in [-0.15, -0.1) is 0 Å². The van der Waals surface area contributed by atoms with E-state index >= 15 is 0 Å². The molecule has 1 atom stereocenters. The van der Waals surface area contributed by atoms with Gasteiger partial charge in [-0.25, -0.2) is 0 Å². The van der Waals surface area contributed by atoms with Crippen LogP contribution in [0.2, 0.25) is 10.0 Å². The van der Waals surface area contributed by atoms with E-state index < -0.39 is 11.5 Å². The van der Waals surface area contributed by atoms with Crippen LogP contribution in [-0.2, 0) is 0 Å². The number of hydrogen-bond donors (Lipinski definition) is 1. The molecule has 108 valence electrons. The van der Waals surface area contributed by atoms with E-state index in [4.69, 9.17) is 23.2 Å². The van der Waals surface area contributed by atoms with Crippen molar-refractivity contribution in [1.29, 1.82) is 5.26 Å². The summed E-state index contributed by atoms with van der Waals surface area (Å²) in [4.78, 5) is 0. The summed E-state index contributed by atoms with van der Waals surface area (Å²) in [7, 11) is 0. The largest absolute Gasteiger partial charge is 0.387 e. The lowest BCUT2D eigenvalue weighted by Gasteiger charge is -2.38. The van der Waals surface area contributed by atoms with Crippen molar-refractivity contribution in [2.24, 2.45) is 11.3 Å². The summed E-state index contributed by atoms with van der Waals surface area (Å²) in [6.45, 7) is 2.18. The zero-order valence-corrected chi connectivity index (χ0v) is 13.1. The van der Waals surface area contributed by atoms with Crippen molar-refractivity contribution in [3.63, 3.8) is 0 Å². The van der Waals surface area contributed by atoms with Crippen molar-refractivity contribution in [3.05, 3.63) is 33.8 Å². The summed E-state index contributed by atoms with van der Waals surface area (Å²) in [6.07, 6.45) is 3.82. The molecule has 1 unspecified atom stereocenters. The molecule has 0 spiro atoms. The molecule has 0 saturated heterocycles. The molecule has 4 heteroatoms. The molecule has 0 bridgehead atoms. The zero-order valence-electron chi connectivity index (χ0n) is 11.6. The van der Waals surface area contributed by atoms with Crippen LogP contribution in [0.3, 0.4) is 0 Å². The normalized spacial score (nSPS) is 27.9. The molecule has 1 aromatic rings. The van der Waals surface area contributed by atoms with Gasteiger partial charge < -0.3 is 5.11 Å². The fraction of sp³-hybridized carbons (Fsp3) is 0.562. The molecule has 0 aromatic heterocycles. The van der Waals surface area contributed by atoms with E-state index in [-0.39, 0.29) is 0 Å². The van der Waals surface area contributed by atoms with Gasteiger partial charge in [0.1, 0.15) is 0 Å². The SMILES string of the molecule is CCC1CCC(C#N)(C(O)c2ccc(Cl)c(Cl)c2)CC1. The van der Waals surface area contributed by atoms with Crippen LogP contribution in [-0.4, -0.2) is 5.11 Å². The van der Waals surface area contributed by atoms with Gasteiger partial charge in [-0.1, -0.05) is 42.6 Å². The molecular formula is C16H19Cl2NO. The van der Waals surface area contributed by atoms with Crippen molar-refractivity contribution >= 4 is 23.2 Å². The number of aliphatic hydroxyl groups is 1. The predicted octanol–water partition coefficient (Wildman–Crippen LogP) is 5.14. The summed E-state index contributed by atoms with van der Waals surface area (Å²) < 4.78 is 0. The van der Waals surface area contributed by atoms with Crippen LogP contribution >= 0.6 is 23.2 Å². The van der Waals surface area contributed by atoms with Crippen molar-refractivity contribution in [2.45, 2.75) is 45.1 Å². The lowest BCUT2D eigenvalue weighted by molar-refractivity contribution is 0.0243. The van der Waals surface area contributed by atoms with E-state index in [1.807, 2.05) is 0 Å². The van der Waals surface area contributed by atoms with Gasteiger partial charge in [-0.05, 0) is 49.3 Å². The van der Waals surface area contributed by atoms with Crippen molar-refractivity contribution in [1.82, 2.24) is 0 Å². The topological polar surface area (TPSA) is 44.0 Å². The van der Waals surface area contributed by atoms with Crippen LogP contribution < -0.4 is 0 Å². The molecule has 20 heavy (non-hydrogen) atoms. The highest BCUT2D eigenvalue weighted by atomic mass is 35.5. The fourth-order valence-corrected chi connectivity index (χ4v) is 3.36. The minimum Gasteiger partial charge on any atom is -0.387 e. The summed E-state index contributed by atoms with van der Waals surface area (Å²) in [5, 5.41) is 21.1. The minimum absolute atomic E-state index is 0.415. The third-order valence-corrected chi connectivity index (χ3v) is 5.32. The average Bonchev–Trinajstić information content (AvgIpc) is 2.49. The third kappa shape index (κ3) is 2.96. The molecule has 0 radical (unpaired) electrons. The number of nitrogens with zero attached hydrogens (tertiary/aromatic N) is 1. The highest BCUT2D eigenvalue weighted by Crippen LogP contribution is 2.48. The maximum atomic E-state index is 10.6. The van der Waals surface area contributed by atoms with E-state index in [9.17, 15) is 10.4 Å². The Kier molecular flexibility index (Phi) is 4.96. The molecule has 1 N–H and O–H groups in total. The van der Waals surface area contributed by atoms with Crippen LogP contribution in [0.25, 0.3) is 0 Å². The lowest BCUT2D eigenvalue weighted by atomic mass is 9.66. The second-order valence-electron chi connectivity index (χ2n) is 5.70. The lowest BCUT2D eigenvalue weighted by Crippen LogP contribution is -2.32. The second kappa shape index (κ2) is 6.35. The van der Waals surface area contributed by atoms with E-state index in [1.54, 1.807) is 18.2 Å². The van der Waals surface area contributed by atoms with E-state index in [0.717, 1.165) is 32.1 Å². The summed E-state index contributed by atoms with van der Waals surface area (Å²) in [6, 6.07) is 7.46. The van der Waals surface area contributed by atoms with Gasteiger partial charge in [-0.3, -0.25) is 0 Å². The first-order valence-electron chi connectivity index (χ1n) is 7.06. The molecule has 1 aliphatic carbocycles. The number of halogens is 2. The number of benzene rings is 1.